The molecular weight excluding hydrogens is 276 g/mol. The Hall–Kier alpha value is -0.780. The number of rotatable bonds is 8. The van der Waals surface area contributed by atoms with Gasteiger partial charge in [0.2, 0.25) is 0 Å². The summed E-state index contributed by atoms with van der Waals surface area (Å²) in [6.45, 7) is 6.27. The molecule has 1 rings (SSSR count). The van der Waals surface area contributed by atoms with Crippen LogP contribution in [0.1, 0.15) is 46.0 Å². The molecule has 118 valence electrons. The fourth-order valence-corrected chi connectivity index (χ4v) is 4.25. The first kappa shape index (κ1) is 17.3. The molecule has 0 aliphatic carbocycles. The minimum Gasteiger partial charge on any atom is -0.338 e. The zero-order chi connectivity index (χ0) is 15.0. The van der Waals surface area contributed by atoms with Crippen LogP contribution < -0.4 is 5.32 Å². The van der Waals surface area contributed by atoms with E-state index in [-0.39, 0.29) is 23.5 Å². The zero-order valence-corrected chi connectivity index (χ0v) is 13.5. The van der Waals surface area contributed by atoms with E-state index < -0.39 is 9.84 Å². The van der Waals surface area contributed by atoms with E-state index in [9.17, 15) is 13.2 Å². The third-order valence-corrected chi connectivity index (χ3v) is 5.56. The topological polar surface area (TPSA) is 66.5 Å². The molecule has 1 aliphatic rings. The number of carbonyl (C=O) groups excluding carboxylic acids is 1. The van der Waals surface area contributed by atoms with Gasteiger partial charge in [0.1, 0.15) is 0 Å². The predicted molar refractivity (Wildman–Crippen MR) is 81.5 cm³/mol. The van der Waals surface area contributed by atoms with Gasteiger partial charge in [-0.1, -0.05) is 26.7 Å². The van der Waals surface area contributed by atoms with E-state index in [4.69, 9.17) is 0 Å². The van der Waals surface area contributed by atoms with Crippen LogP contribution in [0.4, 0.5) is 4.79 Å². The van der Waals surface area contributed by atoms with Crippen molar-refractivity contribution in [2.45, 2.75) is 46.0 Å². The molecule has 2 amide bonds. The highest BCUT2D eigenvalue weighted by molar-refractivity contribution is 7.91. The van der Waals surface area contributed by atoms with Gasteiger partial charge >= 0.3 is 6.03 Å². The fourth-order valence-electron chi connectivity index (χ4n) is 2.39. The zero-order valence-electron chi connectivity index (χ0n) is 12.7. The van der Waals surface area contributed by atoms with Gasteiger partial charge in [0, 0.05) is 19.6 Å². The average molecular weight is 304 g/mol. The molecule has 20 heavy (non-hydrogen) atoms. The number of carbonyl (C=O) groups is 1. The summed E-state index contributed by atoms with van der Waals surface area (Å²) in [4.78, 5) is 14.0. The molecule has 0 bridgehead atoms. The van der Waals surface area contributed by atoms with Crippen LogP contribution >= 0.6 is 0 Å². The molecule has 5 nitrogen and oxygen atoms in total. The standard InChI is InChI=1S/C14H28N2O3S/c1-3-5-8-16(9-6-4-2)14(17)15-11-13-7-10-20(18,19)12-13/h13H,3-12H2,1-2H3,(H,15,17). The molecule has 0 aromatic carbocycles. The van der Waals surface area contributed by atoms with Gasteiger partial charge in [0.05, 0.1) is 11.5 Å². The molecule has 0 radical (unpaired) electrons. The highest BCUT2D eigenvalue weighted by atomic mass is 32.2. The molecule has 1 aliphatic heterocycles. The average Bonchev–Trinajstić information content (AvgIpc) is 2.76. The fraction of sp³-hybridized carbons (Fsp3) is 0.929. The highest BCUT2D eigenvalue weighted by Gasteiger charge is 2.28. The SMILES string of the molecule is CCCCN(CCCC)C(=O)NCC1CCS(=O)(=O)C1. The van der Waals surface area contributed by atoms with Crippen LogP contribution in [0.3, 0.4) is 0 Å². The molecule has 1 saturated heterocycles. The van der Waals surface area contributed by atoms with Crippen LogP contribution in [0.25, 0.3) is 0 Å². The van der Waals surface area contributed by atoms with Gasteiger partial charge < -0.3 is 10.2 Å². The minimum atomic E-state index is -2.86. The summed E-state index contributed by atoms with van der Waals surface area (Å²) in [6, 6.07) is -0.0452. The van der Waals surface area contributed by atoms with Gasteiger partial charge in [-0.05, 0) is 25.2 Å². The van der Waals surface area contributed by atoms with Crippen molar-refractivity contribution in [3.8, 4) is 0 Å². The molecule has 0 saturated carbocycles. The quantitative estimate of drug-likeness (QED) is 0.746. The van der Waals surface area contributed by atoms with Crippen molar-refractivity contribution in [2.75, 3.05) is 31.1 Å². The Labute approximate surface area is 123 Å². The molecule has 0 spiro atoms. The molecule has 1 fully saturated rings. The van der Waals surface area contributed by atoms with Gasteiger partial charge in [-0.2, -0.15) is 0 Å². The molecule has 1 unspecified atom stereocenters. The molecule has 6 heteroatoms. The minimum absolute atomic E-state index is 0.0452. The van der Waals surface area contributed by atoms with E-state index in [1.165, 1.54) is 0 Å². The number of nitrogens with one attached hydrogen (secondary N) is 1. The second-order valence-corrected chi connectivity index (χ2v) is 7.88. The molecule has 0 aromatic rings. The maximum absolute atomic E-state index is 12.1. The van der Waals surface area contributed by atoms with Gasteiger partial charge in [0.15, 0.2) is 9.84 Å². The number of sulfone groups is 1. The summed E-state index contributed by atoms with van der Waals surface area (Å²) >= 11 is 0. The third-order valence-electron chi connectivity index (χ3n) is 3.72. The lowest BCUT2D eigenvalue weighted by Crippen LogP contribution is -2.43. The van der Waals surface area contributed by atoms with Crippen molar-refractivity contribution < 1.29 is 13.2 Å². The number of nitrogens with zero attached hydrogens (tertiary/aromatic N) is 1. The van der Waals surface area contributed by atoms with E-state index in [0.29, 0.717) is 13.0 Å². The van der Waals surface area contributed by atoms with Crippen LogP contribution in [-0.2, 0) is 9.84 Å². The number of urea groups is 1. The maximum Gasteiger partial charge on any atom is 0.317 e. The van der Waals surface area contributed by atoms with Crippen LogP contribution in [0.2, 0.25) is 0 Å². The molecule has 0 aromatic heterocycles. The lowest BCUT2D eigenvalue weighted by molar-refractivity contribution is 0.194. The summed E-state index contributed by atoms with van der Waals surface area (Å²) in [5, 5.41) is 2.90. The van der Waals surface area contributed by atoms with Crippen molar-refractivity contribution in [2.24, 2.45) is 5.92 Å². The third kappa shape index (κ3) is 6.11. The van der Waals surface area contributed by atoms with Crippen molar-refractivity contribution in [1.82, 2.24) is 10.2 Å². The van der Waals surface area contributed by atoms with Crippen molar-refractivity contribution >= 4 is 15.9 Å². The van der Waals surface area contributed by atoms with E-state index in [0.717, 1.165) is 38.8 Å². The Morgan fingerprint density at radius 3 is 2.25 bits per heavy atom. The first-order valence-corrected chi connectivity index (χ1v) is 9.53. The Bertz CT molecular complexity index is 387. The summed E-state index contributed by atoms with van der Waals surface area (Å²) in [7, 11) is -2.86. The first-order chi connectivity index (χ1) is 9.48. The van der Waals surface area contributed by atoms with Gasteiger partial charge in [0.25, 0.3) is 0 Å². The summed E-state index contributed by atoms with van der Waals surface area (Å²) in [6.07, 6.45) is 4.82. The molecular formula is C14H28N2O3S. The van der Waals surface area contributed by atoms with Crippen LogP contribution in [0.5, 0.6) is 0 Å². The van der Waals surface area contributed by atoms with E-state index >= 15 is 0 Å². The predicted octanol–water partition coefficient (Wildman–Crippen LogP) is 2.03. The Morgan fingerprint density at radius 1 is 1.20 bits per heavy atom. The normalized spacial score (nSPS) is 20.8. The van der Waals surface area contributed by atoms with Crippen molar-refractivity contribution in [3.05, 3.63) is 0 Å². The maximum atomic E-state index is 12.1. The number of hydrogen-bond donors (Lipinski definition) is 1. The van der Waals surface area contributed by atoms with E-state index in [1.54, 1.807) is 0 Å². The summed E-state index contributed by atoms with van der Waals surface area (Å²) in [5.41, 5.74) is 0. The highest BCUT2D eigenvalue weighted by Crippen LogP contribution is 2.17. The van der Waals surface area contributed by atoms with Crippen molar-refractivity contribution in [3.63, 3.8) is 0 Å². The molecule has 1 heterocycles. The van der Waals surface area contributed by atoms with E-state index in [1.807, 2.05) is 4.90 Å². The lowest BCUT2D eigenvalue weighted by Gasteiger charge is -2.23. The first-order valence-electron chi connectivity index (χ1n) is 7.71. The Morgan fingerprint density at radius 2 is 1.80 bits per heavy atom. The van der Waals surface area contributed by atoms with Crippen LogP contribution in [0, 0.1) is 5.92 Å². The lowest BCUT2D eigenvalue weighted by atomic mass is 10.1. The second-order valence-electron chi connectivity index (χ2n) is 5.65. The Kier molecular flexibility index (Phi) is 7.34. The summed E-state index contributed by atoms with van der Waals surface area (Å²) < 4.78 is 22.8. The summed E-state index contributed by atoms with van der Waals surface area (Å²) in [5.74, 6) is 0.572. The number of amides is 2. The largest absolute Gasteiger partial charge is 0.338 e. The molecule has 1 atom stereocenters. The van der Waals surface area contributed by atoms with E-state index in [2.05, 4.69) is 19.2 Å². The van der Waals surface area contributed by atoms with Crippen LogP contribution in [-0.4, -0.2) is 50.5 Å². The second kappa shape index (κ2) is 8.49. The van der Waals surface area contributed by atoms with Gasteiger partial charge in [-0.3, -0.25) is 0 Å². The monoisotopic (exact) mass is 304 g/mol. The number of unbranched alkanes of at least 4 members (excludes halogenated alkanes) is 2. The number of hydrogen-bond acceptors (Lipinski definition) is 3. The van der Waals surface area contributed by atoms with Crippen molar-refractivity contribution in [1.29, 1.82) is 0 Å². The molecule has 1 N–H and O–H groups in total. The van der Waals surface area contributed by atoms with Crippen LogP contribution in [0.15, 0.2) is 0 Å². The Balaban J connectivity index is 2.37. The smallest absolute Gasteiger partial charge is 0.317 e. The van der Waals surface area contributed by atoms with Gasteiger partial charge in [-0.25, -0.2) is 13.2 Å². The van der Waals surface area contributed by atoms with Gasteiger partial charge in [-0.15, -0.1) is 0 Å².